The molecule has 3 aromatic rings. The normalized spacial score (nSPS) is 16.2. The summed E-state index contributed by atoms with van der Waals surface area (Å²) in [5.41, 5.74) is 3.70. The summed E-state index contributed by atoms with van der Waals surface area (Å²) in [5.74, 6) is -0.0664. The molecule has 1 aliphatic heterocycles. The first-order valence-electron chi connectivity index (χ1n) is 10.6. The Balaban J connectivity index is 1.94. The lowest BCUT2D eigenvalue weighted by Crippen LogP contribution is -2.39. The number of rotatable bonds is 5. The molecule has 32 heavy (non-hydrogen) atoms. The average Bonchev–Trinajstić information content (AvgIpc) is 3.08. The molecule has 0 saturated carbocycles. The average molecular weight is 448 g/mol. The number of ether oxygens (including phenoxy) is 1. The quantitative estimate of drug-likeness (QED) is 0.563. The number of benzene rings is 1. The van der Waals surface area contributed by atoms with Crippen LogP contribution < -0.4 is 14.9 Å². The third-order valence-corrected chi connectivity index (χ3v) is 6.42. The van der Waals surface area contributed by atoms with Gasteiger partial charge in [-0.3, -0.25) is 14.3 Å². The van der Waals surface area contributed by atoms with Gasteiger partial charge < -0.3 is 4.74 Å². The number of hydrogen-bond acceptors (Lipinski definition) is 6. The van der Waals surface area contributed by atoms with Gasteiger partial charge in [0.15, 0.2) is 4.80 Å². The standard InChI is InChI=1S/C25H25N3O3S/c1-5-31-24(30)21-16(4)27-25-28(22(21)19-8-6-18(7-9-19)15(2)3)23(29)20(32-25)14-17-10-12-26-13-11-17/h6-15,22H,5H2,1-4H3/b20-14-/t22-/m0/s1. The van der Waals surface area contributed by atoms with Crippen molar-refractivity contribution in [3.63, 3.8) is 0 Å². The van der Waals surface area contributed by atoms with Crippen molar-refractivity contribution in [1.82, 2.24) is 9.55 Å². The summed E-state index contributed by atoms with van der Waals surface area (Å²) < 4.78 is 7.50. The molecule has 164 valence electrons. The molecular weight excluding hydrogens is 422 g/mol. The monoisotopic (exact) mass is 447 g/mol. The fourth-order valence-corrected chi connectivity index (χ4v) is 4.83. The van der Waals surface area contributed by atoms with Gasteiger partial charge in [0.05, 0.1) is 28.5 Å². The molecule has 4 rings (SSSR count). The predicted octanol–water partition coefficient (Wildman–Crippen LogP) is 3.32. The number of pyridine rings is 1. The van der Waals surface area contributed by atoms with Gasteiger partial charge in [-0.1, -0.05) is 49.4 Å². The highest BCUT2D eigenvalue weighted by molar-refractivity contribution is 7.07. The van der Waals surface area contributed by atoms with Crippen molar-refractivity contribution >= 4 is 23.4 Å². The molecule has 1 aliphatic rings. The molecule has 0 saturated heterocycles. The number of aromatic nitrogens is 2. The second-order valence-corrected chi connectivity index (χ2v) is 8.91. The van der Waals surface area contributed by atoms with Gasteiger partial charge in [0.1, 0.15) is 0 Å². The van der Waals surface area contributed by atoms with E-state index in [4.69, 9.17) is 4.74 Å². The summed E-state index contributed by atoms with van der Waals surface area (Å²) in [6.45, 7) is 8.07. The summed E-state index contributed by atoms with van der Waals surface area (Å²) in [6, 6.07) is 11.2. The SMILES string of the molecule is CCOC(=O)C1=C(C)N=c2s/c(=C\c3ccncc3)c(=O)n2[C@H]1c1ccc(C(C)C)cc1. The van der Waals surface area contributed by atoms with Crippen LogP contribution in [0, 0.1) is 0 Å². The highest BCUT2D eigenvalue weighted by Crippen LogP contribution is 2.31. The van der Waals surface area contributed by atoms with Crippen LogP contribution in [0.15, 0.2) is 69.8 Å². The van der Waals surface area contributed by atoms with Gasteiger partial charge in [0.2, 0.25) is 0 Å². The van der Waals surface area contributed by atoms with Crippen molar-refractivity contribution < 1.29 is 9.53 Å². The van der Waals surface area contributed by atoms with Crippen LogP contribution in [0.25, 0.3) is 6.08 Å². The number of carbonyl (C=O) groups excluding carboxylic acids is 1. The number of nitrogens with zero attached hydrogens (tertiary/aromatic N) is 3. The molecule has 7 heteroatoms. The summed E-state index contributed by atoms with van der Waals surface area (Å²) in [5, 5.41) is 0. The van der Waals surface area contributed by atoms with Crippen LogP contribution in [0.3, 0.4) is 0 Å². The Morgan fingerprint density at radius 2 is 1.88 bits per heavy atom. The van der Waals surface area contributed by atoms with E-state index in [1.165, 1.54) is 16.9 Å². The first-order chi connectivity index (χ1) is 15.4. The lowest BCUT2D eigenvalue weighted by atomic mass is 9.93. The van der Waals surface area contributed by atoms with Crippen molar-refractivity contribution in [2.75, 3.05) is 6.61 Å². The first-order valence-corrected chi connectivity index (χ1v) is 11.4. The third-order valence-electron chi connectivity index (χ3n) is 5.44. The molecule has 0 aliphatic carbocycles. The minimum absolute atomic E-state index is 0.183. The van der Waals surface area contributed by atoms with E-state index in [-0.39, 0.29) is 12.2 Å². The summed E-state index contributed by atoms with van der Waals surface area (Å²) >= 11 is 1.32. The zero-order valence-corrected chi connectivity index (χ0v) is 19.3. The van der Waals surface area contributed by atoms with Crippen molar-refractivity contribution in [1.29, 1.82) is 0 Å². The van der Waals surface area contributed by atoms with Crippen molar-refractivity contribution in [2.45, 2.75) is 39.7 Å². The van der Waals surface area contributed by atoms with E-state index in [0.717, 1.165) is 11.1 Å². The number of esters is 1. The van der Waals surface area contributed by atoms with Crippen LogP contribution in [-0.2, 0) is 9.53 Å². The summed E-state index contributed by atoms with van der Waals surface area (Å²) in [7, 11) is 0. The van der Waals surface area contributed by atoms with E-state index in [1.54, 1.807) is 30.8 Å². The van der Waals surface area contributed by atoms with Gasteiger partial charge in [0.25, 0.3) is 5.56 Å². The van der Waals surface area contributed by atoms with E-state index in [1.807, 2.05) is 42.5 Å². The molecule has 0 radical (unpaired) electrons. The largest absolute Gasteiger partial charge is 0.463 e. The van der Waals surface area contributed by atoms with E-state index < -0.39 is 12.0 Å². The van der Waals surface area contributed by atoms with Gasteiger partial charge in [0, 0.05) is 12.4 Å². The number of fused-ring (bicyclic) bond motifs is 1. The molecule has 1 aromatic carbocycles. The van der Waals surface area contributed by atoms with Gasteiger partial charge in [-0.2, -0.15) is 0 Å². The number of allylic oxidation sites excluding steroid dienone is 1. The number of carbonyl (C=O) groups is 1. The lowest BCUT2D eigenvalue weighted by Gasteiger charge is -2.25. The highest BCUT2D eigenvalue weighted by Gasteiger charge is 2.33. The van der Waals surface area contributed by atoms with Crippen LogP contribution >= 0.6 is 11.3 Å². The fourth-order valence-electron chi connectivity index (χ4n) is 3.78. The molecule has 0 spiro atoms. The molecule has 0 bridgehead atoms. The zero-order valence-electron chi connectivity index (χ0n) is 18.5. The number of thiazole rings is 1. The van der Waals surface area contributed by atoms with Crippen molar-refractivity contribution in [3.8, 4) is 0 Å². The van der Waals surface area contributed by atoms with Gasteiger partial charge in [-0.05, 0) is 54.7 Å². The smallest absolute Gasteiger partial charge is 0.338 e. The van der Waals surface area contributed by atoms with E-state index in [2.05, 4.69) is 23.8 Å². The first kappa shape index (κ1) is 21.9. The van der Waals surface area contributed by atoms with Gasteiger partial charge >= 0.3 is 5.97 Å². The molecule has 0 unspecified atom stereocenters. The lowest BCUT2D eigenvalue weighted by molar-refractivity contribution is -0.139. The van der Waals surface area contributed by atoms with E-state index >= 15 is 0 Å². The Bertz CT molecular complexity index is 1350. The van der Waals surface area contributed by atoms with Crippen LogP contribution in [0.4, 0.5) is 0 Å². The van der Waals surface area contributed by atoms with Crippen molar-refractivity contribution in [2.24, 2.45) is 4.99 Å². The molecule has 2 aromatic heterocycles. The van der Waals surface area contributed by atoms with Gasteiger partial charge in [-0.15, -0.1) is 0 Å². The molecule has 0 fully saturated rings. The minimum atomic E-state index is -0.592. The van der Waals surface area contributed by atoms with Crippen molar-refractivity contribution in [3.05, 3.63) is 96.4 Å². The van der Waals surface area contributed by atoms with E-state index in [0.29, 0.717) is 26.5 Å². The summed E-state index contributed by atoms with van der Waals surface area (Å²) in [4.78, 5) is 35.6. The zero-order chi connectivity index (χ0) is 22.8. The van der Waals surface area contributed by atoms with Crippen LogP contribution in [-0.4, -0.2) is 22.1 Å². The van der Waals surface area contributed by atoms with Crippen LogP contribution in [0.1, 0.15) is 56.3 Å². The fraction of sp³-hybridized carbons (Fsp3) is 0.280. The third kappa shape index (κ3) is 4.08. The number of hydrogen-bond donors (Lipinski definition) is 0. The molecule has 0 amide bonds. The second kappa shape index (κ2) is 9.04. The molecule has 3 heterocycles. The van der Waals surface area contributed by atoms with Crippen LogP contribution in [0.2, 0.25) is 0 Å². The Morgan fingerprint density at radius 1 is 1.19 bits per heavy atom. The van der Waals surface area contributed by atoms with Gasteiger partial charge in [-0.25, -0.2) is 9.79 Å². The maximum Gasteiger partial charge on any atom is 0.338 e. The maximum absolute atomic E-state index is 13.5. The molecule has 1 atom stereocenters. The molecule has 0 N–H and O–H groups in total. The molecule has 6 nitrogen and oxygen atoms in total. The summed E-state index contributed by atoms with van der Waals surface area (Å²) in [6.07, 6.45) is 5.20. The Morgan fingerprint density at radius 3 is 2.50 bits per heavy atom. The maximum atomic E-state index is 13.5. The topological polar surface area (TPSA) is 73.6 Å². The van der Waals surface area contributed by atoms with Crippen LogP contribution in [0.5, 0.6) is 0 Å². The Kier molecular flexibility index (Phi) is 6.19. The Labute approximate surface area is 190 Å². The highest BCUT2D eigenvalue weighted by atomic mass is 32.1. The Hall–Kier alpha value is -3.32. The van der Waals surface area contributed by atoms with E-state index in [9.17, 15) is 9.59 Å². The second-order valence-electron chi connectivity index (χ2n) is 7.90. The predicted molar refractivity (Wildman–Crippen MR) is 125 cm³/mol. The minimum Gasteiger partial charge on any atom is -0.463 e. The molecular formula is C25H25N3O3S.